The lowest BCUT2D eigenvalue weighted by Gasteiger charge is -2.38. The fourth-order valence-electron chi connectivity index (χ4n) is 10.7. The van der Waals surface area contributed by atoms with Crippen LogP contribution in [0.2, 0.25) is 0 Å². The molecular formula is C62H89N5O19P2. The number of phenols is 1. The van der Waals surface area contributed by atoms with Gasteiger partial charge in [0.15, 0.2) is 34.0 Å². The molecule has 2 aliphatic heterocycles. The number of aliphatic hydroxyl groups is 2. The Hall–Kier alpha value is -6.55. The standard InChI is InChI=1S/C62H89N5O19P2/c1-17-45(70)82-31-83-59(78)63-42(21-22-44(69)64-60(87-79)88-80)58(77)66(15)30-46(71)85-55(34(5)20-18-19-33(4)41(12)68)39(10)52(73)38(9)51(72)37(8)43(81-16)23-28-84-62(14)57(76)49-47-48(54(75)40(11)56(49)86-62)53(74)36(7)35(6)50(47)65-61(13)24-26-67(27-25-61)29-32(2)3/h18-20,23,28,32,34,37-39,42-43,51-52,55,60,72-73,75H,17,21-22,24-27,29-31H2,1-16H3,(H,63,78)(H,64,69)/b20-18+,28-23+,33-19-,65-50?/t34-,37+,38-,39-,42-,43-,51+,52-,55-,62-/m0/s1. The Labute approximate surface area is 518 Å². The number of Topliss-reactive ketones (excluding diaryl/α,β-unsaturated/α-hetero) is 3. The highest BCUT2D eigenvalue weighted by Crippen LogP contribution is 2.49. The fourth-order valence-corrected chi connectivity index (χ4v) is 11.3. The zero-order chi connectivity index (χ0) is 66.3. The fraction of sp³-hybridized carbons (Fsp3) is 0.629. The predicted octanol–water partition coefficient (Wildman–Crippen LogP) is 7.87. The summed E-state index contributed by atoms with van der Waals surface area (Å²) in [6, 6.07) is -1.53. The quantitative estimate of drug-likeness (QED) is 0.0118. The molecule has 0 bridgehead atoms. The molecule has 3 aliphatic rings. The van der Waals surface area contributed by atoms with E-state index >= 15 is 0 Å². The number of fused-ring (bicyclic) bond motifs is 3. The number of aliphatic imine (C=N–C) groups is 1. The van der Waals surface area contributed by atoms with Crippen molar-refractivity contribution in [3.8, 4) is 11.5 Å². The Kier molecular flexibility index (Phi) is 27.5. The maximum Gasteiger partial charge on any atom is 0.410 e. The molecule has 5 N–H and O–H groups in total. The molecule has 0 aromatic heterocycles. The van der Waals surface area contributed by atoms with E-state index in [-0.39, 0.29) is 46.0 Å². The number of rotatable bonds is 31. The molecule has 1 aromatic carbocycles. The number of hydrogen-bond acceptors (Lipinski definition) is 21. The molecular weight excluding hydrogens is 1180 g/mol. The summed E-state index contributed by atoms with van der Waals surface area (Å²) in [5, 5.41) is 40.3. The number of esters is 2. The number of ketones is 3. The number of nitrogens with zero attached hydrogens (tertiary/aromatic N) is 3. The predicted molar refractivity (Wildman–Crippen MR) is 326 cm³/mol. The number of piperidine rings is 1. The molecule has 1 aliphatic carbocycles. The number of amides is 3. The number of likely N-dealkylation sites (N-methyl/N-ethyl adjacent to an activating group) is 1. The molecule has 486 valence electrons. The Morgan fingerprint density at radius 2 is 1.48 bits per heavy atom. The Balaban J connectivity index is 1.57. The van der Waals surface area contributed by atoms with Crippen LogP contribution in [0.25, 0.3) is 0 Å². The number of nitrogens with one attached hydrogen (secondary N) is 2. The van der Waals surface area contributed by atoms with E-state index in [9.17, 15) is 62.8 Å². The normalized spacial score (nSPS) is 20.9. The minimum Gasteiger partial charge on any atom is -0.507 e. The summed E-state index contributed by atoms with van der Waals surface area (Å²) in [5.74, 6) is -9.72. The highest BCUT2D eigenvalue weighted by Gasteiger charge is 2.52. The number of alkyl carbamates (subject to hydrolysis) is 1. The van der Waals surface area contributed by atoms with Crippen molar-refractivity contribution in [2.24, 2.45) is 34.6 Å². The van der Waals surface area contributed by atoms with Crippen LogP contribution in [0.5, 0.6) is 11.5 Å². The van der Waals surface area contributed by atoms with Gasteiger partial charge >= 0.3 is 23.8 Å². The van der Waals surface area contributed by atoms with Crippen molar-refractivity contribution in [1.82, 2.24) is 20.4 Å². The molecule has 3 amide bonds. The summed E-state index contributed by atoms with van der Waals surface area (Å²) in [6.07, 6.45) is 2.07. The smallest absolute Gasteiger partial charge is 0.410 e. The number of phenolic OH excluding ortho intramolecular Hbond substituents is 1. The van der Waals surface area contributed by atoms with E-state index in [2.05, 4.69) is 36.3 Å². The molecule has 0 spiro atoms. The van der Waals surface area contributed by atoms with Crippen LogP contribution in [0.4, 0.5) is 4.79 Å². The zero-order valence-electron chi connectivity index (χ0n) is 53.4. The summed E-state index contributed by atoms with van der Waals surface area (Å²) in [4.78, 5) is 114. The number of allylic oxidation sites excluding steroid dienone is 5. The lowest BCUT2D eigenvalue weighted by molar-refractivity contribution is -0.162. The third-order valence-corrected chi connectivity index (χ3v) is 17.8. The zero-order valence-corrected chi connectivity index (χ0v) is 55.2. The van der Waals surface area contributed by atoms with E-state index < -0.39 is 155 Å². The number of aromatic hydroxyl groups is 1. The molecule has 2 heterocycles. The number of hydrogen-bond donors (Lipinski definition) is 5. The summed E-state index contributed by atoms with van der Waals surface area (Å²) >= 11 is 0. The van der Waals surface area contributed by atoms with Crippen LogP contribution in [0.15, 0.2) is 52.3 Å². The first kappa shape index (κ1) is 73.9. The van der Waals surface area contributed by atoms with Crippen molar-refractivity contribution in [3.63, 3.8) is 0 Å². The van der Waals surface area contributed by atoms with E-state index in [1.807, 2.05) is 0 Å². The van der Waals surface area contributed by atoms with Gasteiger partial charge in [0, 0.05) is 93.9 Å². The van der Waals surface area contributed by atoms with Crippen LogP contribution >= 0.6 is 16.9 Å². The monoisotopic (exact) mass is 1270 g/mol. The van der Waals surface area contributed by atoms with Crippen molar-refractivity contribution in [2.75, 3.05) is 47.1 Å². The molecule has 1 aromatic rings. The van der Waals surface area contributed by atoms with Gasteiger partial charge in [-0.15, -0.1) is 0 Å². The van der Waals surface area contributed by atoms with Gasteiger partial charge in [-0.25, -0.2) is 4.79 Å². The van der Waals surface area contributed by atoms with Crippen LogP contribution in [-0.2, 0) is 56.8 Å². The lowest BCUT2D eigenvalue weighted by atomic mass is 9.78. The third kappa shape index (κ3) is 18.8. The maximum absolute atomic E-state index is 14.8. The van der Waals surface area contributed by atoms with Gasteiger partial charge in [0.1, 0.15) is 30.2 Å². The third-order valence-electron chi connectivity index (χ3n) is 16.6. The Morgan fingerprint density at radius 3 is 2.06 bits per heavy atom. The number of aliphatic hydroxyl groups excluding tert-OH is 2. The van der Waals surface area contributed by atoms with Crippen molar-refractivity contribution < 1.29 is 91.2 Å². The molecule has 0 radical (unpaired) electrons. The minimum absolute atomic E-state index is 0.0147. The van der Waals surface area contributed by atoms with Gasteiger partial charge in [-0.3, -0.25) is 47.7 Å². The highest BCUT2D eigenvalue weighted by atomic mass is 31.1. The minimum atomic E-state index is -2.00. The molecule has 10 atom stereocenters. The molecule has 24 nitrogen and oxygen atoms in total. The SMILES string of the molecule is CCC(=O)OCOC(=O)N[C@@H](CCC(=O)NC(P=O)P=O)C(=O)N(C)CC(=O)O[C@H]([C@@H](C)[C@@H](O)[C@@H](C)[C@H](O)[C@H](C)[C@H](/C=C/O[C@@]1(C)Oc2c(C)c(O)c3c(c2C1=O)C(=NC1(C)CCN(CC(C)C)CC1)C(C)=C(C)C3=O)OC)[C@@H](C)/C=C/C=C(/C)C(C)=O. The lowest BCUT2D eigenvalue weighted by Crippen LogP contribution is -2.50. The van der Waals surface area contributed by atoms with Crippen LogP contribution < -0.4 is 15.4 Å². The number of carbonyl (C=O) groups excluding carboxylic acids is 8. The molecule has 1 saturated heterocycles. The second kappa shape index (κ2) is 32.8. The summed E-state index contributed by atoms with van der Waals surface area (Å²) in [5.41, 5.74) is 0.416. The van der Waals surface area contributed by atoms with Crippen molar-refractivity contribution in [2.45, 2.75) is 176 Å². The topological polar surface area (TPSA) is 330 Å². The van der Waals surface area contributed by atoms with E-state index in [0.717, 1.165) is 37.4 Å². The van der Waals surface area contributed by atoms with Crippen molar-refractivity contribution in [3.05, 3.63) is 69.5 Å². The van der Waals surface area contributed by atoms with E-state index in [1.165, 1.54) is 47.3 Å². The number of benzene rings is 1. The van der Waals surface area contributed by atoms with Gasteiger partial charge in [-0.2, -0.15) is 0 Å². The Morgan fingerprint density at radius 1 is 0.852 bits per heavy atom. The number of likely N-dealkylation sites (tertiary alicyclic amines) is 1. The second-order valence-electron chi connectivity index (χ2n) is 23.8. The first-order chi connectivity index (χ1) is 41.2. The summed E-state index contributed by atoms with van der Waals surface area (Å²) in [6.45, 7) is 25.0. The molecule has 0 unspecified atom stereocenters. The average Bonchev–Trinajstić information content (AvgIpc) is 1.45. The van der Waals surface area contributed by atoms with Crippen molar-refractivity contribution in [1.29, 1.82) is 0 Å². The van der Waals surface area contributed by atoms with Gasteiger partial charge in [0.2, 0.25) is 18.6 Å². The largest absolute Gasteiger partial charge is 0.507 e. The van der Waals surface area contributed by atoms with Crippen LogP contribution in [0.3, 0.4) is 0 Å². The van der Waals surface area contributed by atoms with E-state index in [4.69, 9.17) is 33.4 Å². The van der Waals surface area contributed by atoms with Gasteiger partial charge < -0.3 is 64.2 Å². The molecule has 26 heteroatoms. The first-order valence-electron chi connectivity index (χ1n) is 29.5. The Bertz CT molecular complexity index is 2940. The van der Waals surface area contributed by atoms with Crippen LogP contribution in [-0.4, -0.2) is 172 Å². The number of carbonyl (C=O) groups is 8. The van der Waals surface area contributed by atoms with Crippen LogP contribution in [0, 0.1) is 36.5 Å². The molecule has 4 rings (SSSR count). The van der Waals surface area contributed by atoms with Crippen molar-refractivity contribution >= 4 is 69.8 Å². The molecule has 0 saturated carbocycles. The van der Waals surface area contributed by atoms with Gasteiger partial charge in [-0.05, 0) is 83.9 Å². The van der Waals surface area contributed by atoms with Crippen LogP contribution in [0.1, 0.15) is 154 Å². The number of ether oxygens (including phenoxy) is 6. The average molecular weight is 1270 g/mol. The second-order valence-corrected chi connectivity index (χ2v) is 25.7. The summed E-state index contributed by atoms with van der Waals surface area (Å²) in [7, 11) is 1.31. The highest BCUT2D eigenvalue weighted by molar-refractivity contribution is 7.44. The molecule has 1 fully saturated rings. The van der Waals surface area contributed by atoms with E-state index in [1.54, 1.807) is 73.6 Å². The maximum atomic E-state index is 14.8. The van der Waals surface area contributed by atoms with Gasteiger partial charge in [0.25, 0.3) is 5.78 Å². The summed E-state index contributed by atoms with van der Waals surface area (Å²) < 4.78 is 56.4. The molecule has 88 heavy (non-hydrogen) atoms. The first-order valence-corrected chi connectivity index (χ1v) is 31.2. The van der Waals surface area contributed by atoms with Gasteiger partial charge in [-0.1, -0.05) is 66.7 Å². The van der Waals surface area contributed by atoms with E-state index in [0.29, 0.717) is 28.3 Å². The number of methoxy groups -OCH3 is 1. The van der Waals surface area contributed by atoms with Gasteiger partial charge in [0.05, 0.1) is 47.0 Å².